The first-order valence-corrected chi connectivity index (χ1v) is 9.22. The number of hydrogen-bond acceptors (Lipinski definition) is 0. The quantitative estimate of drug-likeness (QED) is 0.497. The molecule has 0 unspecified atom stereocenters. The monoisotopic (exact) mass is 314 g/mol. The first-order chi connectivity index (χ1) is 10.8. The lowest BCUT2D eigenvalue weighted by Gasteiger charge is -2.09. The Labute approximate surface area is 145 Å². The lowest BCUT2D eigenvalue weighted by atomic mass is 9.96. The lowest BCUT2D eigenvalue weighted by Crippen LogP contribution is -1.89. The van der Waals surface area contributed by atoms with Gasteiger partial charge in [-0.25, -0.2) is 0 Å². The fraction of sp³-hybridized carbons (Fsp3) is 0.565. The molecule has 0 heterocycles. The number of benzene rings is 1. The number of aryl methyl sites for hydroxylation is 2. The van der Waals surface area contributed by atoms with Crippen LogP contribution in [-0.4, -0.2) is 0 Å². The molecule has 23 heavy (non-hydrogen) atoms. The van der Waals surface area contributed by atoms with E-state index in [0.29, 0.717) is 0 Å². The largest absolute Gasteiger partial charge is 0.100 e. The van der Waals surface area contributed by atoms with Crippen LogP contribution in [0.25, 0.3) is 5.57 Å². The predicted octanol–water partition coefficient (Wildman–Crippen LogP) is 7.90. The van der Waals surface area contributed by atoms with Crippen LogP contribution in [-0.2, 0) is 0 Å². The van der Waals surface area contributed by atoms with E-state index in [1.165, 1.54) is 47.9 Å². The topological polar surface area (TPSA) is 0 Å². The van der Waals surface area contributed by atoms with Crippen molar-refractivity contribution in [3.8, 4) is 0 Å². The van der Waals surface area contributed by atoms with E-state index in [-0.39, 0.29) is 0 Å². The molecule has 0 heteroatoms. The van der Waals surface area contributed by atoms with Gasteiger partial charge >= 0.3 is 0 Å². The van der Waals surface area contributed by atoms with Crippen LogP contribution in [0.2, 0.25) is 0 Å². The Morgan fingerprint density at radius 1 is 1.09 bits per heavy atom. The molecule has 1 aromatic rings. The second-order valence-electron chi connectivity index (χ2n) is 6.99. The molecule has 0 saturated carbocycles. The Kier molecular flexibility index (Phi) is 10.6. The summed E-state index contributed by atoms with van der Waals surface area (Å²) in [5.41, 5.74) is 8.77. The summed E-state index contributed by atoms with van der Waals surface area (Å²) in [5, 5.41) is 0. The molecule has 0 fully saturated rings. The van der Waals surface area contributed by atoms with E-state index in [4.69, 9.17) is 0 Å². The molecule has 1 aliphatic rings. The number of hydrogen-bond donors (Lipinski definition) is 0. The van der Waals surface area contributed by atoms with Gasteiger partial charge in [0.25, 0.3) is 0 Å². The van der Waals surface area contributed by atoms with Crippen LogP contribution in [0.5, 0.6) is 0 Å². The average molecular weight is 315 g/mol. The summed E-state index contributed by atoms with van der Waals surface area (Å²) in [4.78, 5) is 0. The molecule has 0 amide bonds. The third-order valence-corrected chi connectivity index (χ3v) is 3.97. The summed E-state index contributed by atoms with van der Waals surface area (Å²) in [5.74, 6) is 0.775. The van der Waals surface area contributed by atoms with Gasteiger partial charge in [0.15, 0.2) is 0 Å². The molecule has 0 atom stereocenters. The van der Waals surface area contributed by atoms with Crippen molar-refractivity contribution in [1.82, 2.24) is 0 Å². The third kappa shape index (κ3) is 8.21. The fourth-order valence-electron chi connectivity index (χ4n) is 3.02. The van der Waals surface area contributed by atoms with Crippen LogP contribution in [0.1, 0.15) is 83.9 Å². The summed E-state index contributed by atoms with van der Waals surface area (Å²) >= 11 is 0. The van der Waals surface area contributed by atoms with Crippen molar-refractivity contribution >= 4 is 5.57 Å². The summed E-state index contributed by atoms with van der Waals surface area (Å²) in [6.07, 6.45) is 5.08. The molecular weight excluding hydrogens is 276 g/mol. The van der Waals surface area contributed by atoms with E-state index in [2.05, 4.69) is 66.3 Å². The van der Waals surface area contributed by atoms with Crippen molar-refractivity contribution in [2.45, 2.75) is 81.1 Å². The van der Waals surface area contributed by atoms with E-state index in [9.17, 15) is 0 Å². The smallest absolute Gasteiger partial charge is 0.0193 e. The molecule has 0 spiro atoms. The summed E-state index contributed by atoms with van der Waals surface area (Å²) in [6.45, 7) is 20.9. The van der Waals surface area contributed by atoms with Crippen LogP contribution >= 0.6 is 0 Å². The molecule has 0 aliphatic heterocycles. The maximum atomic E-state index is 3.80. The van der Waals surface area contributed by atoms with Gasteiger partial charge < -0.3 is 0 Å². The van der Waals surface area contributed by atoms with Gasteiger partial charge in [-0.05, 0) is 76.0 Å². The van der Waals surface area contributed by atoms with Crippen LogP contribution in [0.4, 0.5) is 0 Å². The molecule has 0 bridgehead atoms. The van der Waals surface area contributed by atoms with E-state index in [1.807, 2.05) is 13.8 Å². The maximum absolute atomic E-state index is 3.80. The second kappa shape index (κ2) is 11.3. The number of allylic oxidation sites excluding steroid dienone is 3. The standard InChI is InChI=1S/C14H18.C7H14.C2H6/c1-10-7-8-12(3)14(9-10)13-6-4-5-11(13)2;1-6(2)5-7(3)4;1-2/h7-9H,4-6H2,1-3H3;7H,1,5H2,2-4H3;1-2H3. The SMILES string of the molecule is C=C(C)CC(C)C.CC.CC1=C(c2cc(C)ccc2C)CCC1. The summed E-state index contributed by atoms with van der Waals surface area (Å²) in [6, 6.07) is 6.77. The Hall–Kier alpha value is -1.30. The van der Waals surface area contributed by atoms with Gasteiger partial charge in [-0.1, -0.05) is 62.6 Å². The molecule has 1 aromatic carbocycles. The minimum Gasteiger partial charge on any atom is -0.100 e. The van der Waals surface area contributed by atoms with Crippen LogP contribution in [0.3, 0.4) is 0 Å². The highest BCUT2D eigenvalue weighted by atomic mass is 14.2. The van der Waals surface area contributed by atoms with Crippen molar-refractivity contribution < 1.29 is 0 Å². The summed E-state index contributed by atoms with van der Waals surface area (Å²) in [7, 11) is 0. The first kappa shape index (κ1) is 21.7. The average Bonchev–Trinajstić information content (AvgIpc) is 2.89. The highest BCUT2D eigenvalue weighted by Gasteiger charge is 2.14. The molecule has 2 rings (SSSR count). The zero-order valence-corrected chi connectivity index (χ0v) is 16.8. The zero-order chi connectivity index (χ0) is 18.0. The lowest BCUT2D eigenvalue weighted by molar-refractivity contribution is 0.644. The van der Waals surface area contributed by atoms with Gasteiger partial charge in [0.2, 0.25) is 0 Å². The number of rotatable bonds is 3. The van der Waals surface area contributed by atoms with Crippen molar-refractivity contribution in [1.29, 1.82) is 0 Å². The fourth-order valence-corrected chi connectivity index (χ4v) is 3.02. The Morgan fingerprint density at radius 3 is 2.09 bits per heavy atom. The first-order valence-electron chi connectivity index (χ1n) is 9.22. The van der Waals surface area contributed by atoms with E-state index >= 15 is 0 Å². The molecule has 0 N–H and O–H groups in total. The van der Waals surface area contributed by atoms with Crippen LogP contribution in [0.15, 0.2) is 35.9 Å². The Bertz CT molecular complexity index is 515. The molecule has 0 aromatic heterocycles. The zero-order valence-electron chi connectivity index (χ0n) is 16.8. The van der Waals surface area contributed by atoms with Crippen molar-refractivity contribution in [2.75, 3.05) is 0 Å². The normalized spacial score (nSPS) is 13.3. The molecule has 130 valence electrons. The molecule has 1 aliphatic carbocycles. The van der Waals surface area contributed by atoms with E-state index in [1.54, 1.807) is 11.1 Å². The van der Waals surface area contributed by atoms with Crippen molar-refractivity contribution in [2.24, 2.45) is 5.92 Å². The van der Waals surface area contributed by atoms with Crippen LogP contribution in [0, 0.1) is 19.8 Å². The van der Waals surface area contributed by atoms with Gasteiger partial charge in [-0.2, -0.15) is 0 Å². The highest BCUT2D eigenvalue weighted by Crippen LogP contribution is 2.35. The van der Waals surface area contributed by atoms with E-state index in [0.717, 1.165) is 5.92 Å². The van der Waals surface area contributed by atoms with Gasteiger partial charge in [0, 0.05) is 0 Å². The minimum absolute atomic E-state index is 0.775. The molecule has 0 nitrogen and oxygen atoms in total. The van der Waals surface area contributed by atoms with Gasteiger partial charge in [-0.15, -0.1) is 6.58 Å². The molecule has 0 saturated heterocycles. The Balaban J connectivity index is 0.000000460. The minimum atomic E-state index is 0.775. The molecule has 0 radical (unpaired) electrons. The summed E-state index contributed by atoms with van der Waals surface area (Å²) < 4.78 is 0. The van der Waals surface area contributed by atoms with Gasteiger partial charge in [0.05, 0.1) is 0 Å². The van der Waals surface area contributed by atoms with Crippen molar-refractivity contribution in [3.05, 3.63) is 52.6 Å². The maximum Gasteiger partial charge on any atom is -0.0193 e. The van der Waals surface area contributed by atoms with Gasteiger partial charge in [-0.3, -0.25) is 0 Å². The second-order valence-corrected chi connectivity index (χ2v) is 6.99. The van der Waals surface area contributed by atoms with E-state index < -0.39 is 0 Å². The van der Waals surface area contributed by atoms with Crippen molar-refractivity contribution in [3.63, 3.8) is 0 Å². The van der Waals surface area contributed by atoms with Gasteiger partial charge in [0.1, 0.15) is 0 Å². The van der Waals surface area contributed by atoms with Crippen LogP contribution < -0.4 is 0 Å². The highest BCUT2D eigenvalue weighted by molar-refractivity contribution is 5.72. The Morgan fingerprint density at radius 2 is 1.70 bits per heavy atom. The third-order valence-electron chi connectivity index (χ3n) is 3.97. The predicted molar refractivity (Wildman–Crippen MR) is 108 cm³/mol. The molecular formula is C23H38.